The fourth-order valence-corrected chi connectivity index (χ4v) is 2.26. The first-order chi connectivity index (χ1) is 12.9. The van der Waals surface area contributed by atoms with Crippen molar-refractivity contribution in [2.24, 2.45) is 5.10 Å². The Bertz CT molecular complexity index is 990. The monoisotopic (exact) mass is 369 g/mol. The Hall–Kier alpha value is -3.96. The number of nitrogens with zero attached hydrogens (tertiary/aromatic N) is 8. The number of aryl methyl sites for hydroxylation is 1. The van der Waals surface area contributed by atoms with E-state index in [2.05, 4.69) is 31.2 Å². The number of rotatable bonds is 6. The maximum atomic E-state index is 12.0. The maximum absolute atomic E-state index is 12.0. The van der Waals surface area contributed by atoms with Crippen molar-refractivity contribution in [3.63, 3.8) is 0 Å². The third-order valence-electron chi connectivity index (χ3n) is 3.70. The number of nitrogens with one attached hydrogen (secondary N) is 1. The predicted molar refractivity (Wildman–Crippen MR) is 93.1 cm³/mol. The van der Waals surface area contributed by atoms with E-state index in [1.165, 1.54) is 21.8 Å². The van der Waals surface area contributed by atoms with Crippen LogP contribution in [0.1, 0.15) is 18.2 Å². The number of benzene rings is 1. The van der Waals surface area contributed by atoms with Gasteiger partial charge in [-0.2, -0.15) is 9.78 Å². The van der Waals surface area contributed by atoms with E-state index in [9.17, 15) is 14.9 Å². The minimum Gasteiger partial charge on any atom is -0.358 e. The van der Waals surface area contributed by atoms with Gasteiger partial charge in [-0.15, -0.1) is 5.10 Å². The number of carbonyl (C=O) groups excluding carboxylic acids is 1. The zero-order valence-electron chi connectivity index (χ0n) is 14.5. The molecule has 0 saturated carbocycles. The van der Waals surface area contributed by atoms with Crippen LogP contribution in [0.25, 0.3) is 5.69 Å². The molecule has 0 atom stereocenters. The SMILES string of the molecule is C/C(=N/NC(=O)Cn1nc([N+](=O)[O-])cc1C)c1ccc(-n2cnnn2)cc1. The van der Waals surface area contributed by atoms with Gasteiger partial charge in [0.2, 0.25) is 0 Å². The molecule has 0 spiro atoms. The summed E-state index contributed by atoms with van der Waals surface area (Å²) >= 11 is 0. The Morgan fingerprint density at radius 3 is 2.67 bits per heavy atom. The van der Waals surface area contributed by atoms with Gasteiger partial charge in [0.15, 0.2) is 0 Å². The van der Waals surface area contributed by atoms with Gasteiger partial charge in [0.25, 0.3) is 5.91 Å². The maximum Gasteiger partial charge on any atom is 0.390 e. The summed E-state index contributed by atoms with van der Waals surface area (Å²) in [6.45, 7) is 3.21. The van der Waals surface area contributed by atoms with Gasteiger partial charge in [0.05, 0.1) is 28.3 Å². The number of amides is 1. The molecule has 2 aromatic heterocycles. The van der Waals surface area contributed by atoms with Crippen LogP contribution in [0, 0.1) is 17.0 Å². The molecule has 1 amide bonds. The molecule has 12 nitrogen and oxygen atoms in total. The van der Waals surface area contributed by atoms with Gasteiger partial charge >= 0.3 is 5.82 Å². The van der Waals surface area contributed by atoms with Gasteiger partial charge in [-0.25, -0.2) is 10.1 Å². The smallest absolute Gasteiger partial charge is 0.358 e. The summed E-state index contributed by atoms with van der Waals surface area (Å²) in [6.07, 6.45) is 1.48. The molecule has 0 saturated heterocycles. The highest BCUT2D eigenvalue weighted by Gasteiger charge is 2.17. The second-order valence-electron chi connectivity index (χ2n) is 5.59. The van der Waals surface area contributed by atoms with E-state index in [1.54, 1.807) is 13.8 Å². The molecule has 1 aromatic carbocycles. The molecule has 0 aliphatic heterocycles. The summed E-state index contributed by atoms with van der Waals surface area (Å²) in [6, 6.07) is 8.58. The number of hydrogen-bond donors (Lipinski definition) is 1. The van der Waals surface area contributed by atoms with Crippen molar-refractivity contribution in [3.05, 3.63) is 58.0 Å². The second-order valence-corrected chi connectivity index (χ2v) is 5.59. The predicted octanol–water partition coefficient (Wildman–Crippen LogP) is 0.616. The van der Waals surface area contributed by atoms with Gasteiger partial charge in [0, 0.05) is 0 Å². The van der Waals surface area contributed by atoms with Crippen molar-refractivity contribution >= 4 is 17.4 Å². The molecule has 2 heterocycles. The number of carbonyl (C=O) groups is 1. The molecule has 3 aromatic rings. The highest BCUT2D eigenvalue weighted by Crippen LogP contribution is 2.11. The average Bonchev–Trinajstić information content (AvgIpc) is 3.30. The van der Waals surface area contributed by atoms with E-state index in [4.69, 9.17) is 0 Å². The fraction of sp³-hybridized carbons (Fsp3) is 0.200. The van der Waals surface area contributed by atoms with Gasteiger partial charge in [-0.3, -0.25) is 4.79 Å². The number of tetrazole rings is 1. The van der Waals surface area contributed by atoms with Crippen molar-refractivity contribution in [2.75, 3.05) is 0 Å². The van der Waals surface area contributed by atoms with Crippen LogP contribution >= 0.6 is 0 Å². The van der Waals surface area contributed by atoms with Gasteiger partial charge < -0.3 is 10.1 Å². The summed E-state index contributed by atoms with van der Waals surface area (Å²) in [5.41, 5.74) is 5.11. The lowest BCUT2D eigenvalue weighted by Gasteiger charge is -2.04. The van der Waals surface area contributed by atoms with E-state index < -0.39 is 10.8 Å². The van der Waals surface area contributed by atoms with E-state index in [1.807, 2.05) is 24.3 Å². The van der Waals surface area contributed by atoms with Gasteiger partial charge in [-0.05, 0) is 46.9 Å². The normalized spacial score (nSPS) is 11.4. The van der Waals surface area contributed by atoms with Crippen molar-refractivity contribution in [1.29, 1.82) is 0 Å². The largest absolute Gasteiger partial charge is 0.390 e. The lowest BCUT2D eigenvalue weighted by molar-refractivity contribution is -0.389. The molecular formula is C15H15N9O3. The first kappa shape index (κ1) is 17.8. The topological polar surface area (TPSA) is 146 Å². The molecule has 0 aliphatic carbocycles. The van der Waals surface area contributed by atoms with Crippen molar-refractivity contribution in [3.8, 4) is 5.69 Å². The summed E-state index contributed by atoms with van der Waals surface area (Å²) < 4.78 is 2.77. The number of hydrazone groups is 1. The van der Waals surface area contributed by atoms with Crippen LogP contribution in [-0.4, -0.2) is 46.5 Å². The molecule has 12 heteroatoms. The molecule has 1 N–H and O–H groups in total. The van der Waals surface area contributed by atoms with Crippen LogP contribution in [0.3, 0.4) is 0 Å². The van der Waals surface area contributed by atoms with Crippen molar-refractivity contribution < 1.29 is 9.72 Å². The molecule has 0 aliphatic rings. The molecular weight excluding hydrogens is 354 g/mol. The number of nitro groups is 1. The standard InChI is InChI=1S/C15H15N9O3/c1-10-7-14(24(26)27)19-22(10)8-15(25)18-17-11(2)12-3-5-13(6-4-12)23-9-16-20-21-23/h3-7,9H,8H2,1-2H3,(H,18,25)/b17-11-. The molecule has 0 fully saturated rings. The lowest BCUT2D eigenvalue weighted by atomic mass is 10.1. The van der Waals surface area contributed by atoms with Crippen LogP contribution in [0.2, 0.25) is 0 Å². The summed E-state index contributed by atoms with van der Waals surface area (Å²) in [4.78, 5) is 22.1. The van der Waals surface area contributed by atoms with Crippen molar-refractivity contribution in [1.82, 2.24) is 35.4 Å². The quantitative estimate of drug-likeness (QED) is 0.380. The zero-order valence-corrected chi connectivity index (χ0v) is 14.5. The molecule has 0 unspecified atom stereocenters. The van der Waals surface area contributed by atoms with Crippen LogP contribution in [0.4, 0.5) is 5.82 Å². The number of hydrogen-bond acceptors (Lipinski definition) is 8. The Morgan fingerprint density at radius 2 is 2.07 bits per heavy atom. The van der Waals surface area contributed by atoms with E-state index in [0.717, 1.165) is 11.3 Å². The Morgan fingerprint density at radius 1 is 1.33 bits per heavy atom. The third kappa shape index (κ3) is 4.18. The minimum absolute atomic E-state index is 0.172. The third-order valence-corrected chi connectivity index (χ3v) is 3.70. The molecule has 138 valence electrons. The van der Waals surface area contributed by atoms with E-state index in [0.29, 0.717) is 11.4 Å². The average molecular weight is 369 g/mol. The fourth-order valence-electron chi connectivity index (χ4n) is 2.26. The first-order valence-corrected chi connectivity index (χ1v) is 7.80. The van der Waals surface area contributed by atoms with Gasteiger partial charge in [0.1, 0.15) is 12.9 Å². The number of aromatic nitrogens is 6. The lowest BCUT2D eigenvalue weighted by Crippen LogP contribution is -2.25. The summed E-state index contributed by atoms with van der Waals surface area (Å²) in [7, 11) is 0. The highest BCUT2D eigenvalue weighted by atomic mass is 16.6. The van der Waals surface area contributed by atoms with E-state index in [-0.39, 0.29) is 12.4 Å². The Labute approximate surface area is 152 Å². The summed E-state index contributed by atoms with van der Waals surface area (Å²) in [5.74, 6) is -0.747. The molecule has 3 rings (SSSR count). The van der Waals surface area contributed by atoms with Gasteiger partial charge in [-0.1, -0.05) is 12.1 Å². The van der Waals surface area contributed by atoms with Crippen LogP contribution in [0.5, 0.6) is 0 Å². The zero-order chi connectivity index (χ0) is 19.4. The minimum atomic E-state index is -0.608. The van der Waals surface area contributed by atoms with Crippen LogP contribution in [0.15, 0.2) is 41.8 Å². The molecule has 27 heavy (non-hydrogen) atoms. The molecule has 0 radical (unpaired) electrons. The Balaban J connectivity index is 1.63. The first-order valence-electron chi connectivity index (χ1n) is 7.80. The van der Waals surface area contributed by atoms with Crippen LogP contribution in [-0.2, 0) is 11.3 Å². The second kappa shape index (κ2) is 7.51. The Kier molecular flexibility index (Phi) is 4.97. The summed E-state index contributed by atoms with van der Waals surface area (Å²) in [5, 5.41) is 29.5. The van der Waals surface area contributed by atoms with E-state index >= 15 is 0 Å². The van der Waals surface area contributed by atoms with Crippen LogP contribution < -0.4 is 5.43 Å². The highest BCUT2D eigenvalue weighted by molar-refractivity contribution is 5.99. The van der Waals surface area contributed by atoms with Crippen molar-refractivity contribution in [2.45, 2.75) is 20.4 Å². The molecule has 0 bridgehead atoms.